The van der Waals surface area contributed by atoms with Crippen LogP contribution >= 0.6 is 0 Å². The Morgan fingerprint density at radius 3 is 2.28 bits per heavy atom. The number of amides is 1. The maximum atomic E-state index is 12.9. The minimum Gasteiger partial charge on any atom is -0.467 e. The second-order valence-electron chi connectivity index (χ2n) is 10.6. The molecule has 0 spiro atoms. The fourth-order valence-corrected chi connectivity index (χ4v) is 4.87. The molecule has 0 aliphatic heterocycles. The Morgan fingerprint density at radius 1 is 0.872 bits per heavy atom. The SMILES string of the molecule is CCc1nc2c(Oc3ccc(C(=N)N)cc3Oc3ccccc3)nc(Oc3cccc(C(=O)N(C)C)c3)nc2n1C(CC)C(=O)OC. The van der Waals surface area contributed by atoms with Crippen molar-refractivity contribution in [1.29, 1.82) is 5.41 Å². The summed E-state index contributed by atoms with van der Waals surface area (Å²) in [5, 5.41) is 7.94. The minimum atomic E-state index is -0.733. The normalized spacial score (nSPS) is 11.5. The average Bonchev–Trinajstić information content (AvgIpc) is 3.44. The number of nitrogens with zero attached hydrogens (tertiary/aromatic N) is 5. The van der Waals surface area contributed by atoms with Crippen LogP contribution in [-0.2, 0) is 16.0 Å². The smallest absolute Gasteiger partial charge is 0.328 e. The van der Waals surface area contributed by atoms with Crippen molar-refractivity contribution in [3.05, 3.63) is 89.7 Å². The molecular weight excluding hydrogens is 602 g/mol. The fraction of sp³-hybridized carbons (Fsp3) is 0.235. The monoisotopic (exact) mass is 637 g/mol. The van der Waals surface area contributed by atoms with Crippen LogP contribution in [-0.4, -0.2) is 63.3 Å². The number of imidazole rings is 1. The van der Waals surface area contributed by atoms with Gasteiger partial charge in [0.2, 0.25) is 0 Å². The summed E-state index contributed by atoms with van der Waals surface area (Å²) in [5.74, 6) is 1.12. The Morgan fingerprint density at radius 2 is 1.62 bits per heavy atom. The number of carbonyl (C=O) groups is 2. The van der Waals surface area contributed by atoms with E-state index in [9.17, 15) is 9.59 Å². The molecule has 0 fully saturated rings. The zero-order valence-electron chi connectivity index (χ0n) is 26.7. The first-order valence-corrected chi connectivity index (χ1v) is 14.9. The van der Waals surface area contributed by atoms with Gasteiger partial charge in [-0.2, -0.15) is 9.97 Å². The summed E-state index contributed by atoms with van der Waals surface area (Å²) in [5.41, 5.74) is 7.17. The molecule has 242 valence electrons. The third-order valence-corrected chi connectivity index (χ3v) is 7.18. The van der Waals surface area contributed by atoms with E-state index in [-0.39, 0.29) is 46.3 Å². The summed E-state index contributed by atoms with van der Waals surface area (Å²) >= 11 is 0. The first-order chi connectivity index (χ1) is 22.6. The van der Waals surface area contributed by atoms with E-state index in [1.54, 1.807) is 73.3 Å². The molecule has 0 saturated heterocycles. The number of hydrogen-bond acceptors (Lipinski definition) is 10. The lowest BCUT2D eigenvalue weighted by Gasteiger charge is -2.17. The molecule has 1 unspecified atom stereocenters. The van der Waals surface area contributed by atoms with E-state index in [0.29, 0.717) is 41.3 Å². The average molecular weight is 638 g/mol. The highest BCUT2D eigenvalue weighted by atomic mass is 16.5. The lowest BCUT2D eigenvalue weighted by molar-refractivity contribution is -0.144. The molecule has 1 amide bonds. The van der Waals surface area contributed by atoms with Crippen molar-refractivity contribution in [3.8, 4) is 34.9 Å². The molecule has 13 nitrogen and oxygen atoms in total. The van der Waals surface area contributed by atoms with Crippen LogP contribution < -0.4 is 19.9 Å². The van der Waals surface area contributed by atoms with Crippen molar-refractivity contribution < 1.29 is 28.5 Å². The molecule has 0 aliphatic carbocycles. The Bertz CT molecular complexity index is 1940. The van der Waals surface area contributed by atoms with Crippen molar-refractivity contribution in [1.82, 2.24) is 24.4 Å². The van der Waals surface area contributed by atoms with Gasteiger partial charge in [-0.1, -0.05) is 38.1 Å². The van der Waals surface area contributed by atoms with E-state index in [1.165, 1.54) is 12.0 Å². The van der Waals surface area contributed by atoms with E-state index in [1.807, 2.05) is 32.0 Å². The molecule has 2 heterocycles. The van der Waals surface area contributed by atoms with Gasteiger partial charge in [-0.05, 0) is 55.0 Å². The number of carbonyl (C=O) groups excluding carboxylic acids is 2. The van der Waals surface area contributed by atoms with Crippen molar-refractivity contribution >= 4 is 28.9 Å². The highest BCUT2D eigenvalue weighted by Crippen LogP contribution is 2.39. The van der Waals surface area contributed by atoms with Gasteiger partial charge in [0.15, 0.2) is 22.7 Å². The summed E-state index contributed by atoms with van der Waals surface area (Å²) in [4.78, 5) is 41.0. The predicted octanol–water partition coefficient (Wildman–Crippen LogP) is 5.88. The third kappa shape index (κ3) is 6.98. The molecule has 1 atom stereocenters. The van der Waals surface area contributed by atoms with Gasteiger partial charge < -0.3 is 29.6 Å². The number of nitrogens with two attached hydrogens (primary N) is 1. The zero-order chi connectivity index (χ0) is 33.7. The van der Waals surface area contributed by atoms with Gasteiger partial charge >= 0.3 is 12.0 Å². The number of methoxy groups -OCH3 is 1. The van der Waals surface area contributed by atoms with Gasteiger partial charge in [0.05, 0.1) is 7.11 Å². The molecule has 5 aromatic rings. The lowest BCUT2D eigenvalue weighted by Crippen LogP contribution is -2.22. The molecule has 0 saturated carbocycles. The second kappa shape index (κ2) is 14.0. The fourth-order valence-electron chi connectivity index (χ4n) is 4.87. The van der Waals surface area contributed by atoms with Crippen molar-refractivity contribution in [2.45, 2.75) is 32.7 Å². The minimum absolute atomic E-state index is 0.0205. The van der Waals surface area contributed by atoms with Crippen LogP contribution in [0, 0.1) is 5.41 Å². The summed E-state index contributed by atoms with van der Waals surface area (Å²) in [7, 11) is 4.65. The first kappa shape index (κ1) is 32.4. The van der Waals surface area contributed by atoms with Crippen LogP contribution in [0.2, 0.25) is 0 Å². The number of hydrogen-bond donors (Lipinski definition) is 2. The molecule has 0 radical (unpaired) electrons. The summed E-state index contributed by atoms with van der Waals surface area (Å²) < 4.78 is 25.5. The molecular formula is C34H35N7O6. The summed E-state index contributed by atoms with van der Waals surface area (Å²) in [6.07, 6.45) is 0.863. The van der Waals surface area contributed by atoms with Crippen LogP contribution in [0.15, 0.2) is 72.8 Å². The maximum Gasteiger partial charge on any atom is 0.328 e. The van der Waals surface area contributed by atoms with Gasteiger partial charge in [0, 0.05) is 31.6 Å². The Hall–Kier alpha value is -5.98. The summed E-state index contributed by atoms with van der Waals surface area (Å²) in [6.45, 7) is 3.77. The molecule has 3 aromatic carbocycles. The second-order valence-corrected chi connectivity index (χ2v) is 10.6. The highest BCUT2D eigenvalue weighted by molar-refractivity contribution is 5.96. The standard InChI is InChI=1S/C34H35N7O6/c1-6-24(33(43)44-5)41-27(7-2)37-28-30(41)38-34(46-23-15-11-12-21(18-23)32(42)40(3)4)39-31(28)47-25-17-16-20(29(35)36)19-26(25)45-22-13-9-8-10-14-22/h8-19,24H,6-7H2,1-5H3,(H3,35,36). The van der Waals surface area contributed by atoms with Gasteiger partial charge in [0.25, 0.3) is 11.8 Å². The number of benzene rings is 3. The molecule has 13 heteroatoms. The summed E-state index contributed by atoms with van der Waals surface area (Å²) in [6, 6.07) is 19.7. The van der Waals surface area contributed by atoms with E-state index in [4.69, 9.17) is 35.1 Å². The number of aromatic nitrogens is 4. The zero-order valence-corrected chi connectivity index (χ0v) is 26.7. The number of nitrogens with one attached hydrogen (secondary N) is 1. The molecule has 2 aromatic heterocycles. The first-order valence-electron chi connectivity index (χ1n) is 14.9. The van der Waals surface area contributed by atoms with E-state index in [2.05, 4.69) is 9.97 Å². The number of esters is 1. The number of para-hydroxylation sites is 1. The van der Waals surface area contributed by atoms with E-state index in [0.717, 1.165) is 0 Å². The highest BCUT2D eigenvalue weighted by Gasteiger charge is 2.29. The Balaban J connectivity index is 1.68. The van der Waals surface area contributed by atoms with Gasteiger partial charge in [-0.25, -0.2) is 9.78 Å². The largest absolute Gasteiger partial charge is 0.467 e. The number of rotatable bonds is 12. The van der Waals surface area contributed by atoms with Crippen LogP contribution in [0.5, 0.6) is 34.9 Å². The van der Waals surface area contributed by atoms with E-state index >= 15 is 0 Å². The van der Waals surface area contributed by atoms with Crippen LogP contribution in [0.3, 0.4) is 0 Å². The number of aryl methyl sites for hydroxylation is 1. The molecule has 0 aliphatic rings. The Kier molecular flexibility index (Phi) is 9.64. The maximum absolute atomic E-state index is 12.9. The van der Waals surface area contributed by atoms with Crippen LogP contribution in [0.4, 0.5) is 0 Å². The van der Waals surface area contributed by atoms with Crippen molar-refractivity contribution in [3.63, 3.8) is 0 Å². The number of fused-ring (bicyclic) bond motifs is 1. The molecule has 0 bridgehead atoms. The number of amidine groups is 1. The van der Waals surface area contributed by atoms with Crippen LogP contribution in [0.1, 0.15) is 48.1 Å². The molecule has 3 N–H and O–H groups in total. The van der Waals surface area contributed by atoms with Crippen molar-refractivity contribution in [2.75, 3.05) is 21.2 Å². The van der Waals surface area contributed by atoms with Gasteiger partial charge in [-0.3, -0.25) is 14.8 Å². The predicted molar refractivity (Wildman–Crippen MR) is 175 cm³/mol. The molecule has 47 heavy (non-hydrogen) atoms. The quantitative estimate of drug-likeness (QED) is 0.0958. The lowest BCUT2D eigenvalue weighted by atomic mass is 10.2. The topological polar surface area (TPSA) is 168 Å². The Labute approximate surface area is 271 Å². The van der Waals surface area contributed by atoms with E-state index < -0.39 is 12.0 Å². The van der Waals surface area contributed by atoms with Crippen LogP contribution in [0.25, 0.3) is 11.2 Å². The number of ether oxygens (including phenoxy) is 4. The van der Waals surface area contributed by atoms with Gasteiger partial charge in [0.1, 0.15) is 29.2 Å². The number of nitrogen functional groups attached to an aromatic ring is 1. The third-order valence-electron chi connectivity index (χ3n) is 7.18. The van der Waals surface area contributed by atoms with Crippen molar-refractivity contribution in [2.24, 2.45) is 5.73 Å². The van der Waals surface area contributed by atoms with Gasteiger partial charge in [-0.15, -0.1) is 0 Å². The molecule has 5 rings (SSSR count).